The second-order valence-corrected chi connectivity index (χ2v) is 5.24. The number of aryl methyl sites for hydroxylation is 1. The van der Waals surface area contributed by atoms with Crippen LogP contribution in [0.25, 0.3) is 11.0 Å². The summed E-state index contributed by atoms with van der Waals surface area (Å²) < 4.78 is 10.9. The average molecular weight is 308 g/mol. The van der Waals surface area contributed by atoms with E-state index in [-0.39, 0.29) is 11.5 Å². The highest BCUT2D eigenvalue weighted by Crippen LogP contribution is 2.26. The lowest BCUT2D eigenvalue weighted by molar-refractivity contribution is 0.0703. The van der Waals surface area contributed by atoms with Crippen LogP contribution in [0.4, 0.5) is 0 Å². The number of ketones is 1. The zero-order chi connectivity index (χ0) is 16.4. The van der Waals surface area contributed by atoms with Gasteiger partial charge in [-0.3, -0.25) is 4.79 Å². The predicted octanol–water partition coefficient (Wildman–Crippen LogP) is 4.55. The molecule has 0 aliphatic heterocycles. The van der Waals surface area contributed by atoms with Crippen LogP contribution in [-0.2, 0) is 0 Å². The monoisotopic (exact) mass is 308 g/mol. The Balaban J connectivity index is 1.83. The average Bonchev–Trinajstić information content (AvgIpc) is 2.92. The number of carbonyl (C=O) groups excluding carboxylic acids is 2. The van der Waals surface area contributed by atoms with Crippen molar-refractivity contribution in [2.24, 2.45) is 0 Å². The van der Waals surface area contributed by atoms with Gasteiger partial charge in [0.05, 0.1) is 0 Å². The number of carbonyl (C=O) groups is 2. The number of ether oxygens (including phenoxy) is 1. The van der Waals surface area contributed by atoms with Crippen molar-refractivity contribution in [1.82, 2.24) is 0 Å². The molecule has 0 saturated carbocycles. The maximum atomic E-state index is 12.3. The molecule has 0 amide bonds. The number of Topliss-reactive ketones (excluding diaryl/α,β-unsaturated/α-hetero) is 1. The fraction of sp³-hybridized carbons (Fsp3) is 0.158. The zero-order valence-electron chi connectivity index (χ0n) is 13.0. The highest BCUT2D eigenvalue weighted by Gasteiger charge is 2.19. The molecule has 0 aliphatic rings. The molecule has 0 N–H and O–H groups in total. The number of fused-ring (bicyclic) bond motifs is 1. The van der Waals surface area contributed by atoms with Gasteiger partial charge >= 0.3 is 5.97 Å². The summed E-state index contributed by atoms with van der Waals surface area (Å²) in [5, 5.41) is 0.892. The van der Waals surface area contributed by atoms with Gasteiger partial charge in [0, 0.05) is 22.9 Å². The van der Waals surface area contributed by atoms with Gasteiger partial charge in [0.15, 0.2) is 5.78 Å². The Kier molecular flexibility index (Phi) is 3.98. The van der Waals surface area contributed by atoms with Crippen LogP contribution in [0.1, 0.15) is 39.8 Å². The normalized spacial score (nSPS) is 10.7. The van der Waals surface area contributed by atoms with Gasteiger partial charge in [-0.1, -0.05) is 25.1 Å². The number of hydrogen-bond donors (Lipinski definition) is 0. The Labute approximate surface area is 133 Å². The maximum Gasteiger partial charge on any atom is 0.379 e. The van der Waals surface area contributed by atoms with Crippen LogP contribution in [0.5, 0.6) is 5.75 Å². The topological polar surface area (TPSA) is 56.5 Å². The second kappa shape index (κ2) is 6.08. The molecule has 3 rings (SSSR count). The predicted molar refractivity (Wildman–Crippen MR) is 87.0 cm³/mol. The molecule has 3 aromatic rings. The van der Waals surface area contributed by atoms with E-state index in [0.29, 0.717) is 23.3 Å². The SMILES string of the molecule is CCC(=O)c1ccc(OC(=O)c2oc3ccccc3c2C)cc1. The number of esters is 1. The Morgan fingerprint density at radius 3 is 2.39 bits per heavy atom. The van der Waals surface area contributed by atoms with E-state index in [1.54, 1.807) is 31.2 Å². The third kappa shape index (κ3) is 2.88. The summed E-state index contributed by atoms with van der Waals surface area (Å²) in [6, 6.07) is 14.0. The molecule has 0 aliphatic carbocycles. The molecule has 23 heavy (non-hydrogen) atoms. The second-order valence-electron chi connectivity index (χ2n) is 5.24. The van der Waals surface area contributed by atoms with E-state index in [1.807, 2.05) is 31.2 Å². The van der Waals surface area contributed by atoms with Crippen molar-refractivity contribution in [1.29, 1.82) is 0 Å². The van der Waals surface area contributed by atoms with Crippen LogP contribution in [-0.4, -0.2) is 11.8 Å². The number of furan rings is 1. The van der Waals surface area contributed by atoms with E-state index < -0.39 is 5.97 Å². The molecule has 2 aromatic carbocycles. The van der Waals surface area contributed by atoms with Gasteiger partial charge in [-0.05, 0) is 37.3 Å². The van der Waals surface area contributed by atoms with E-state index in [4.69, 9.17) is 9.15 Å². The van der Waals surface area contributed by atoms with Crippen LogP contribution >= 0.6 is 0 Å². The Morgan fingerprint density at radius 1 is 1.04 bits per heavy atom. The fourth-order valence-electron chi connectivity index (χ4n) is 2.44. The summed E-state index contributed by atoms with van der Waals surface area (Å²) in [5.41, 5.74) is 2.01. The van der Waals surface area contributed by atoms with Crippen LogP contribution in [0.15, 0.2) is 52.9 Å². The minimum Gasteiger partial charge on any atom is -0.449 e. The van der Waals surface area contributed by atoms with Crippen molar-refractivity contribution >= 4 is 22.7 Å². The Bertz CT molecular complexity index is 872. The van der Waals surface area contributed by atoms with E-state index >= 15 is 0 Å². The van der Waals surface area contributed by atoms with Crippen molar-refractivity contribution < 1.29 is 18.7 Å². The van der Waals surface area contributed by atoms with E-state index in [1.165, 1.54) is 0 Å². The Hall–Kier alpha value is -2.88. The van der Waals surface area contributed by atoms with Gasteiger partial charge in [-0.25, -0.2) is 4.79 Å². The quantitative estimate of drug-likeness (QED) is 0.403. The van der Waals surface area contributed by atoms with Gasteiger partial charge in [0.2, 0.25) is 5.76 Å². The molecule has 0 atom stereocenters. The number of para-hydroxylation sites is 1. The first-order chi connectivity index (χ1) is 11.1. The molecule has 4 nitrogen and oxygen atoms in total. The van der Waals surface area contributed by atoms with E-state index in [2.05, 4.69) is 0 Å². The largest absolute Gasteiger partial charge is 0.449 e. The van der Waals surface area contributed by atoms with Gasteiger partial charge in [-0.2, -0.15) is 0 Å². The summed E-state index contributed by atoms with van der Waals surface area (Å²) >= 11 is 0. The highest BCUT2D eigenvalue weighted by atomic mass is 16.5. The first-order valence-corrected chi connectivity index (χ1v) is 7.43. The molecule has 0 saturated heterocycles. The minimum atomic E-state index is -0.548. The highest BCUT2D eigenvalue weighted by molar-refractivity contribution is 5.97. The van der Waals surface area contributed by atoms with Crippen molar-refractivity contribution in [3.8, 4) is 5.75 Å². The molecule has 116 valence electrons. The van der Waals surface area contributed by atoms with Gasteiger partial charge in [0.25, 0.3) is 0 Å². The van der Waals surface area contributed by atoms with E-state index in [0.717, 1.165) is 10.9 Å². The lowest BCUT2D eigenvalue weighted by Crippen LogP contribution is -2.09. The molecule has 4 heteroatoms. The maximum absolute atomic E-state index is 12.3. The lowest BCUT2D eigenvalue weighted by Gasteiger charge is -2.04. The van der Waals surface area contributed by atoms with Crippen LogP contribution < -0.4 is 4.74 Å². The summed E-state index contributed by atoms with van der Waals surface area (Å²) in [5.74, 6) is 0.0756. The molecular weight excluding hydrogens is 292 g/mol. The molecule has 0 spiro atoms. The number of benzene rings is 2. The smallest absolute Gasteiger partial charge is 0.379 e. The first kappa shape index (κ1) is 15.0. The third-order valence-electron chi connectivity index (χ3n) is 3.74. The summed E-state index contributed by atoms with van der Waals surface area (Å²) in [6.07, 6.45) is 0.442. The summed E-state index contributed by atoms with van der Waals surface area (Å²) in [4.78, 5) is 23.9. The van der Waals surface area contributed by atoms with Crippen molar-refractivity contribution in [2.45, 2.75) is 20.3 Å². The molecule has 0 bridgehead atoms. The van der Waals surface area contributed by atoms with Gasteiger partial charge in [-0.15, -0.1) is 0 Å². The summed E-state index contributed by atoms with van der Waals surface area (Å²) in [7, 11) is 0. The standard InChI is InChI=1S/C19H16O4/c1-3-16(20)13-8-10-14(11-9-13)22-19(21)18-12(2)15-6-4-5-7-17(15)23-18/h4-11H,3H2,1-2H3. The van der Waals surface area contributed by atoms with Crippen LogP contribution in [0.3, 0.4) is 0 Å². The zero-order valence-corrected chi connectivity index (χ0v) is 13.0. The number of rotatable bonds is 4. The molecule has 0 unspecified atom stereocenters. The van der Waals surface area contributed by atoms with Crippen molar-refractivity contribution in [3.05, 3.63) is 65.4 Å². The minimum absolute atomic E-state index is 0.0519. The van der Waals surface area contributed by atoms with E-state index in [9.17, 15) is 9.59 Å². The van der Waals surface area contributed by atoms with Crippen molar-refractivity contribution in [2.75, 3.05) is 0 Å². The van der Waals surface area contributed by atoms with Crippen LogP contribution in [0.2, 0.25) is 0 Å². The van der Waals surface area contributed by atoms with Gasteiger partial charge < -0.3 is 9.15 Å². The fourth-order valence-corrected chi connectivity index (χ4v) is 2.44. The third-order valence-corrected chi connectivity index (χ3v) is 3.74. The van der Waals surface area contributed by atoms with Crippen LogP contribution in [0, 0.1) is 6.92 Å². The van der Waals surface area contributed by atoms with Crippen molar-refractivity contribution in [3.63, 3.8) is 0 Å². The summed E-state index contributed by atoms with van der Waals surface area (Å²) in [6.45, 7) is 3.63. The molecule has 1 aromatic heterocycles. The molecule has 0 radical (unpaired) electrons. The molecule has 0 fully saturated rings. The Morgan fingerprint density at radius 2 is 1.74 bits per heavy atom. The number of hydrogen-bond acceptors (Lipinski definition) is 4. The lowest BCUT2D eigenvalue weighted by atomic mass is 10.1. The molecular formula is C19H16O4. The van der Waals surface area contributed by atoms with Gasteiger partial charge in [0.1, 0.15) is 11.3 Å². The molecule has 1 heterocycles. The first-order valence-electron chi connectivity index (χ1n) is 7.43.